The maximum Gasteiger partial charge on any atom is 0.325 e. The molecule has 0 unspecified atom stereocenters. The number of sulfonamides is 1. The molecule has 0 fully saturated rings. The molecule has 1 aromatic rings. The standard InChI is InChI=1S/C7H11N3O4S/c1-4(2)10-15(13,14)5-3-8-7(12)9-6(5)11/h3-4,10H,1-2H3,(H2,8,9,11,12). The number of rotatable bonds is 3. The molecule has 0 aromatic carbocycles. The van der Waals surface area contributed by atoms with Crippen LogP contribution in [0, 0.1) is 0 Å². The van der Waals surface area contributed by atoms with Crippen LogP contribution in [0.15, 0.2) is 20.7 Å². The molecule has 0 spiro atoms. The lowest BCUT2D eigenvalue weighted by molar-refractivity contribution is 0.567. The van der Waals surface area contributed by atoms with Crippen LogP contribution in [0.2, 0.25) is 0 Å². The quantitative estimate of drug-likeness (QED) is 0.605. The third kappa shape index (κ3) is 2.77. The second kappa shape index (κ2) is 3.99. The summed E-state index contributed by atoms with van der Waals surface area (Å²) in [5, 5.41) is 0. The van der Waals surface area contributed by atoms with E-state index in [9.17, 15) is 18.0 Å². The predicted octanol–water partition coefficient (Wildman–Crippen LogP) is -1.25. The lowest BCUT2D eigenvalue weighted by Gasteiger charge is -2.07. The summed E-state index contributed by atoms with van der Waals surface area (Å²) in [6, 6.07) is -0.332. The fraction of sp³-hybridized carbons (Fsp3) is 0.429. The van der Waals surface area contributed by atoms with Crippen molar-refractivity contribution in [3.8, 4) is 0 Å². The van der Waals surface area contributed by atoms with Crippen molar-refractivity contribution in [3.63, 3.8) is 0 Å². The monoisotopic (exact) mass is 233 g/mol. The zero-order valence-corrected chi connectivity index (χ0v) is 9.01. The molecule has 0 atom stereocenters. The van der Waals surface area contributed by atoms with E-state index in [2.05, 4.69) is 9.71 Å². The summed E-state index contributed by atoms with van der Waals surface area (Å²) in [5.74, 6) is 0. The second-order valence-corrected chi connectivity index (χ2v) is 4.89. The van der Waals surface area contributed by atoms with Gasteiger partial charge in [-0.1, -0.05) is 0 Å². The highest BCUT2D eigenvalue weighted by Crippen LogP contribution is 1.98. The molecule has 3 N–H and O–H groups in total. The molecule has 7 nitrogen and oxygen atoms in total. The molecule has 1 rings (SSSR count). The Balaban J connectivity index is 3.29. The van der Waals surface area contributed by atoms with Gasteiger partial charge in [0.15, 0.2) is 4.90 Å². The summed E-state index contributed by atoms with van der Waals surface area (Å²) in [6.45, 7) is 3.24. The molecule has 1 heterocycles. The molecule has 0 saturated heterocycles. The molecule has 0 aliphatic rings. The number of nitrogens with one attached hydrogen (secondary N) is 3. The Morgan fingerprint density at radius 3 is 2.40 bits per heavy atom. The van der Waals surface area contributed by atoms with Crippen molar-refractivity contribution in [3.05, 3.63) is 27.0 Å². The van der Waals surface area contributed by atoms with Gasteiger partial charge in [0, 0.05) is 12.2 Å². The Bertz CT molecular complexity index is 554. The van der Waals surface area contributed by atoms with Gasteiger partial charge in [-0.25, -0.2) is 17.9 Å². The van der Waals surface area contributed by atoms with Crippen molar-refractivity contribution >= 4 is 10.0 Å². The van der Waals surface area contributed by atoms with E-state index >= 15 is 0 Å². The predicted molar refractivity (Wildman–Crippen MR) is 53.1 cm³/mol. The molecule has 1 aromatic heterocycles. The molecule has 0 radical (unpaired) electrons. The van der Waals surface area contributed by atoms with E-state index in [1.54, 1.807) is 13.8 Å². The maximum absolute atomic E-state index is 11.5. The highest BCUT2D eigenvalue weighted by molar-refractivity contribution is 7.89. The smallest absolute Gasteiger partial charge is 0.313 e. The Morgan fingerprint density at radius 1 is 1.33 bits per heavy atom. The summed E-state index contributed by atoms with van der Waals surface area (Å²) in [6.07, 6.45) is 0.867. The van der Waals surface area contributed by atoms with Crippen LogP contribution in [0.4, 0.5) is 0 Å². The molecule has 0 aliphatic heterocycles. The number of aromatic amines is 2. The lowest BCUT2D eigenvalue weighted by Crippen LogP contribution is -2.36. The number of H-pyrrole nitrogens is 2. The van der Waals surface area contributed by atoms with Crippen molar-refractivity contribution in [1.29, 1.82) is 0 Å². The second-order valence-electron chi connectivity index (χ2n) is 3.21. The Kier molecular flexibility index (Phi) is 3.10. The summed E-state index contributed by atoms with van der Waals surface area (Å²) in [7, 11) is -3.87. The van der Waals surface area contributed by atoms with Crippen LogP contribution in [-0.2, 0) is 10.0 Å². The van der Waals surface area contributed by atoms with Crippen molar-refractivity contribution in [2.24, 2.45) is 0 Å². The SMILES string of the molecule is CC(C)NS(=O)(=O)c1c[nH]c(=O)[nH]c1=O. The van der Waals surface area contributed by atoms with Gasteiger partial charge in [0.25, 0.3) is 5.56 Å². The topological polar surface area (TPSA) is 112 Å². The fourth-order valence-corrected chi connectivity index (χ4v) is 2.23. The van der Waals surface area contributed by atoms with Gasteiger partial charge in [0.05, 0.1) is 0 Å². The van der Waals surface area contributed by atoms with E-state index in [0.29, 0.717) is 0 Å². The first-order chi connectivity index (χ1) is 6.83. The summed E-state index contributed by atoms with van der Waals surface area (Å²) in [4.78, 5) is 25.3. The molecule has 15 heavy (non-hydrogen) atoms. The van der Waals surface area contributed by atoms with Gasteiger partial charge in [-0.2, -0.15) is 0 Å². The fourth-order valence-electron chi connectivity index (χ4n) is 0.971. The van der Waals surface area contributed by atoms with Crippen molar-refractivity contribution in [2.75, 3.05) is 0 Å². The number of hydrogen-bond donors (Lipinski definition) is 3. The van der Waals surface area contributed by atoms with Crippen LogP contribution in [0.25, 0.3) is 0 Å². The summed E-state index contributed by atoms with van der Waals surface area (Å²) < 4.78 is 25.3. The third-order valence-electron chi connectivity index (χ3n) is 1.47. The number of aromatic nitrogens is 2. The molecule has 0 saturated carbocycles. The van der Waals surface area contributed by atoms with E-state index < -0.39 is 26.2 Å². The summed E-state index contributed by atoms with van der Waals surface area (Å²) >= 11 is 0. The molecule has 0 bridgehead atoms. The first-order valence-corrected chi connectivity index (χ1v) is 5.65. The van der Waals surface area contributed by atoms with Gasteiger partial charge in [0.1, 0.15) is 0 Å². The molecular formula is C7H11N3O4S. The highest BCUT2D eigenvalue weighted by Gasteiger charge is 2.19. The van der Waals surface area contributed by atoms with E-state index in [0.717, 1.165) is 6.20 Å². The minimum Gasteiger partial charge on any atom is -0.313 e. The van der Waals surface area contributed by atoms with Gasteiger partial charge in [0.2, 0.25) is 10.0 Å². The Hall–Kier alpha value is -1.41. The third-order valence-corrected chi connectivity index (χ3v) is 3.13. The van der Waals surface area contributed by atoms with Crippen LogP contribution < -0.4 is 16.0 Å². The first kappa shape index (κ1) is 11.7. The van der Waals surface area contributed by atoms with Gasteiger partial charge in [-0.3, -0.25) is 9.78 Å². The van der Waals surface area contributed by atoms with Crippen LogP contribution in [0.1, 0.15) is 13.8 Å². The first-order valence-electron chi connectivity index (χ1n) is 4.17. The van der Waals surface area contributed by atoms with Gasteiger partial charge >= 0.3 is 5.69 Å². The average Bonchev–Trinajstić information content (AvgIpc) is 1.99. The van der Waals surface area contributed by atoms with Gasteiger partial charge < -0.3 is 4.98 Å². The summed E-state index contributed by atoms with van der Waals surface area (Å²) in [5.41, 5.74) is -1.68. The van der Waals surface area contributed by atoms with Crippen molar-refractivity contribution in [1.82, 2.24) is 14.7 Å². The van der Waals surface area contributed by atoms with Gasteiger partial charge in [-0.15, -0.1) is 0 Å². The molecule has 0 amide bonds. The minimum absolute atomic E-state index is 0.332. The largest absolute Gasteiger partial charge is 0.325 e. The van der Waals surface area contributed by atoms with Crippen LogP contribution in [0.3, 0.4) is 0 Å². The lowest BCUT2D eigenvalue weighted by atomic mass is 10.4. The van der Waals surface area contributed by atoms with E-state index in [4.69, 9.17) is 0 Å². The van der Waals surface area contributed by atoms with E-state index in [-0.39, 0.29) is 6.04 Å². The van der Waals surface area contributed by atoms with Gasteiger partial charge in [-0.05, 0) is 13.8 Å². The van der Waals surface area contributed by atoms with Crippen LogP contribution in [0.5, 0.6) is 0 Å². The zero-order valence-electron chi connectivity index (χ0n) is 8.20. The normalized spacial score (nSPS) is 11.9. The molecule has 84 valence electrons. The molecular weight excluding hydrogens is 222 g/mol. The van der Waals surface area contributed by atoms with Crippen LogP contribution >= 0.6 is 0 Å². The van der Waals surface area contributed by atoms with E-state index in [1.807, 2.05) is 4.98 Å². The molecule has 8 heteroatoms. The van der Waals surface area contributed by atoms with Crippen molar-refractivity contribution in [2.45, 2.75) is 24.8 Å². The Morgan fingerprint density at radius 2 is 1.93 bits per heavy atom. The number of hydrogen-bond acceptors (Lipinski definition) is 4. The zero-order chi connectivity index (χ0) is 11.6. The molecule has 0 aliphatic carbocycles. The van der Waals surface area contributed by atoms with Crippen LogP contribution in [-0.4, -0.2) is 24.4 Å². The average molecular weight is 233 g/mol. The maximum atomic E-state index is 11.5. The highest BCUT2D eigenvalue weighted by atomic mass is 32.2. The van der Waals surface area contributed by atoms with Crippen molar-refractivity contribution < 1.29 is 8.42 Å². The minimum atomic E-state index is -3.87. The Labute approximate surface area is 85.6 Å². The van der Waals surface area contributed by atoms with E-state index in [1.165, 1.54) is 0 Å².